The fourth-order valence-corrected chi connectivity index (χ4v) is 2.65. The number of nitrogens with one attached hydrogen (secondary N) is 1. The standard InChI is InChI=1S/C13H26N2S/c1-6-9-13(4,8-3)12(15-10-7-2)16-11-14-5/h7,10,14H,6,8-9,11H2,1-5H3/b10-7+,15-12?. The zero-order chi connectivity index (χ0) is 12.4. The summed E-state index contributed by atoms with van der Waals surface area (Å²) in [5.74, 6) is 0.926. The van der Waals surface area contributed by atoms with Crippen molar-refractivity contribution in [1.29, 1.82) is 0 Å². The SMILES string of the molecule is C/C=C/N=C(SCNC)C(C)(CC)CCC. The van der Waals surface area contributed by atoms with Crippen molar-refractivity contribution in [3.8, 4) is 0 Å². The van der Waals surface area contributed by atoms with E-state index in [1.54, 1.807) is 0 Å². The Labute approximate surface area is 105 Å². The molecule has 94 valence electrons. The minimum atomic E-state index is 0.232. The predicted molar refractivity (Wildman–Crippen MR) is 77.1 cm³/mol. The van der Waals surface area contributed by atoms with Crippen molar-refractivity contribution >= 4 is 16.8 Å². The van der Waals surface area contributed by atoms with Gasteiger partial charge in [0, 0.05) is 17.5 Å². The molecule has 0 amide bonds. The quantitative estimate of drug-likeness (QED) is 0.414. The molecule has 2 nitrogen and oxygen atoms in total. The van der Waals surface area contributed by atoms with Gasteiger partial charge < -0.3 is 5.32 Å². The second kappa shape index (κ2) is 8.82. The molecule has 0 aromatic rings. The first kappa shape index (κ1) is 15.7. The summed E-state index contributed by atoms with van der Waals surface area (Å²) in [6.45, 7) is 8.82. The molecule has 0 aromatic heterocycles. The van der Waals surface area contributed by atoms with Crippen LogP contribution in [0.4, 0.5) is 0 Å². The molecule has 1 atom stereocenters. The zero-order valence-electron chi connectivity index (χ0n) is 11.3. The number of hydrogen-bond acceptors (Lipinski definition) is 3. The normalized spacial score (nSPS) is 16.7. The lowest BCUT2D eigenvalue weighted by Gasteiger charge is -2.29. The molecule has 0 aliphatic rings. The fourth-order valence-electron chi connectivity index (χ4n) is 1.64. The Morgan fingerprint density at radius 3 is 2.56 bits per heavy atom. The van der Waals surface area contributed by atoms with Gasteiger partial charge in [-0.3, -0.25) is 4.99 Å². The second-order valence-corrected chi connectivity index (χ2v) is 5.19. The first-order chi connectivity index (χ1) is 7.64. The summed E-state index contributed by atoms with van der Waals surface area (Å²) in [4.78, 5) is 4.60. The van der Waals surface area contributed by atoms with Crippen molar-refractivity contribution in [3.05, 3.63) is 12.3 Å². The predicted octanol–water partition coefficient (Wildman–Crippen LogP) is 4.05. The van der Waals surface area contributed by atoms with Gasteiger partial charge in [0.15, 0.2) is 0 Å². The van der Waals surface area contributed by atoms with Crippen LogP contribution in [0.25, 0.3) is 0 Å². The van der Waals surface area contributed by atoms with E-state index in [0.717, 1.165) is 12.3 Å². The highest BCUT2D eigenvalue weighted by atomic mass is 32.2. The lowest BCUT2D eigenvalue weighted by atomic mass is 9.84. The summed E-state index contributed by atoms with van der Waals surface area (Å²) in [5.41, 5.74) is 0.232. The van der Waals surface area contributed by atoms with Gasteiger partial charge in [-0.25, -0.2) is 0 Å². The van der Waals surface area contributed by atoms with Crippen LogP contribution in [0.1, 0.15) is 47.0 Å². The molecule has 0 rings (SSSR count). The minimum Gasteiger partial charge on any atom is -0.311 e. The molecule has 0 bridgehead atoms. The van der Waals surface area contributed by atoms with Crippen molar-refractivity contribution in [2.45, 2.75) is 47.0 Å². The van der Waals surface area contributed by atoms with Gasteiger partial charge in [-0.2, -0.15) is 0 Å². The van der Waals surface area contributed by atoms with E-state index >= 15 is 0 Å². The Morgan fingerprint density at radius 1 is 1.44 bits per heavy atom. The van der Waals surface area contributed by atoms with Crippen LogP contribution in [0.5, 0.6) is 0 Å². The molecular weight excluding hydrogens is 216 g/mol. The highest BCUT2D eigenvalue weighted by Crippen LogP contribution is 2.34. The minimum absolute atomic E-state index is 0.232. The Balaban J connectivity index is 4.81. The third kappa shape index (κ3) is 5.17. The Morgan fingerprint density at radius 2 is 2.12 bits per heavy atom. The van der Waals surface area contributed by atoms with E-state index in [0.29, 0.717) is 0 Å². The van der Waals surface area contributed by atoms with Crippen molar-refractivity contribution < 1.29 is 0 Å². The van der Waals surface area contributed by atoms with Gasteiger partial charge in [-0.05, 0) is 26.8 Å². The smallest absolute Gasteiger partial charge is 0.0802 e. The van der Waals surface area contributed by atoms with E-state index in [9.17, 15) is 0 Å². The fraction of sp³-hybridized carbons (Fsp3) is 0.769. The maximum atomic E-state index is 4.60. The van der Waals surface area contributed by atoms with Crippen LogP contribution in [0.15, 0.2) is 17.3 Å². The van der Waals surface area contributed by atoms with E-state index < -0.39 is 0 Å². The van der Waals surface area contributed by atoms with Gasteiger partial charge >= 0.3 is 0 Å². The van der Waals surface area contributed by atoms with E-state index in [1.165, 1.54) is 17.9 Å². The molecular formula is C13H26N2S. The summed E-state index contributed by atoms with van der Waals surface area (Å²) in [7, 11) is 1.98. The number of thioether (sulfide) groups is 1. The van der Waals surface area contributed by atoms with Crippen molar-refractivity contribution in [1.82, 2.24) is 5.32 Å². The van der Waals surface area contributed by atoms with Gasteiger partial charge in [0.05, 0.1) is 5.04 Å². The van der Waals surface area contributed by atoms with Crippen LogP contribution in [0, 0.1) is 5.41 Å². The van der Waals surface area contributed by atoms with Crippen LogP contribution in [0.3, 0.4) is 0 Å². The molecule has 0 heterocycles. The van der Waals surface area contributed by atoms with E-state index in [4.69, 9.17) is 0 Å². The Bertz CT molecular complexity index is 236. The molecule has 0 aliphatic carbocycles. The lowest BCUT2D eigenvalue weighted by molar-refractivity contribution is 0.414. The third-order valence-electron chi connectivity index (χ3n) is 2.79. The average molecular weight is 242 g/mol. The van der Waals surface area contributed by atoms with Crippen LogP contribution < -0.4 is 5.32 Å². The molecule has 16 heavy (non-hydrogen) atoms. The van der Waals surface area contributed by atoms with Crippen LogP contribution in [-0.4, -0.2) is 18.0 Å². The molecule has 3 heteroatoms. The molecule has 1 N–H and O–H groups in total. The molecule has 0 aromatic carbocycles. The summed E-state index contributed by atoms with van der Waals surface area (Å²) in [6, 6.07) is 0. The molecule has 0 spiro atoms. The van der Waals surface area contributed by atoms with Gasteiger partial charge in [0.2, 0.25) is 0 Å². The highest BCUT2D eigenvalue weighted by Gasteiger charge is 2.27. The molecule has 1 unspecified atom stereocenters. The van der Waals surface area contributed by atoms with Crippen LogP contribution >= 0.6 is 11.8 Å². The first-order valence-corrected chi connectivity index (χ1v) is 7.10. The van der Waals surface area contributed by atoms with Gasteiger partial charge in [-0.15, -0.1) is 0 Å². The number of aliphatic imine (C=N–C) groups is 1. The number of allylic oxidation sites excluding steroid dienone is 1. The third-order valence-corrected chi connectivity index (χ3v) is 4.10. The lowest BCUT2D eigenvalue weighted by Crippen LogP contribution is -2.26. The van der Waals surface area contributed by atoms with Crippen LogP contribution in [-0.2, 0) is 0 Å². The first-order valence-electron chi connectivity index (χ1n) is 6.11. The second-order valence-electron chi connectivity index (χ2n) is 4.22. The molecule has 0 saturated carbocycles. The van der Waals surface area contributed by atoms with E-state index in [2.05, 4.69) is 31.1 Å². The summed E-state index contributed by atoms with van der Waals surface area (Å²) in [6.07, 6.45) is 7.45. The summed E-state index contributed by atoms with van der Waals surface area (Å²) < 4.78 is 0. The van der Waals surface area contributed by atoms with Crippen LogP contribution in [0.2, 0.25) is 0 Å². The topological polar surface area (TPSA) is 24.4 Å². The van der Waals surface area contributed by atoms with Gasteiger partial charge in [0.1, 0.15) is 0 Å². The van der Waals surface area contributed by atoms with E-state index in [-0.39, 0.29) is 5.41 Å². The van der Waals surface area contributed by atoms with E-state index in [1.807, 2.05) is 38.0 Å². The Kier molecular flexibility index (Phi) is 8.67. The van der Waals surface area contributed by atoms with Crippen molar-refractivity contribution in [2.24, 2.45) is 10.4 Å². The molecule has 0 fully saturated rings. The maximum absolute atomic E-state index is 4.60. The highest BCUT2D eigenvalue weighted by molar-refractivity contribution is 8.14. The zero-order valence-corrected chi connectivity index (χ0v) is 12.2. The van der Waals surface area contributed by atoms with Crippen molar-refractivity contribution in [3.63, 3.8) is 0 Å². The molecule has 0 radical (unpaired) electrons. The molecule has 0 saturated heterocycles. The Hall–Kier alpha value is -0.280. The number of nitrogens with zero attached hydrogens (tertiary/aromatic N) is 1. The summed E-state index contributed by atoms with van der Waals surface area (Å²) >= 11 is 1.82. The van der Waals surface area contributed by atoms with Gasteiger partial charge in [0.25, 0.3) is 0 Å². The van der Waals surface area contributed by atoms with Crippen molar-refractivity contribution in [2.75, 3.05) is 12.9 Å². The number of hydrogen-bond donors (Lipinski definition) is 1. The monoisotopic (exact) mass is 242 g/mol. The van der Waals surface area contributed by atoms with Gasteiger partial charge in [-0.1, -0.05) is 45.0 Å². The largest absolute Gasteiger partial charge is 0.311 e. The molecule has 0 aliphatic heterocycles. The summed E-state index contributed by atoms with van der Waals surface area (Å²) in [5, 5.41) is 4.42. The maximum Gasteiger partial charge on any atom is 0.0802 e. The number of rotatable bonds is 7. The average Bonchev–Trinajstić information content (AvgIpc) is 2.29.